The van der Waals surface area contributed by atoms with Gasteiger partial charge in [0.2, 0.25) is 88.6 Å². The van der Waals surface area contributed by atoms with Gasteiger partial charge >= 0.3 is 17.9 Å². The Labute approximate surface area is 614 Å². The standard InChI is InChI=1S/C70H103N15O21/c1-42(7-16-78-34-45(25-54(78)87)63(96)72-10-19-81-37-48(28-57(81)90)66(99)75-13-22-84-40-51(31-60(84)93)69(102)105-3)43(8-17-79-35-46(26-55(79)88)64(97)73-11-20-82-38-49(29-58(82)91)67(100)76-14-23-85-41-52(32-61(85)94)70(103)106-4)6-5-15-77-33-44(24-53(77)86)62(95)71-9-18-80-36-47(27-56(80)89)65(98)74-12-21-83-39-50(30-59(83)92)68(101)104-2/h42-52H,5-41H2,1-4H3,(H,71,95)(H,72,96)(H,73,97)(H,74,98)(H,75,99)(H,76,100). The predicted molar refractivity (Wildman–Crippen MR) is 367 cm³/mol. The number of carbonyl (C=O) groups excluding carboxylic acids is 18. The molecule has 11 unspecified atom stereocenters. The number of nitrogens with zero attached hydrogens (tertiary/aromatic N) is 9. The zero-order valence-corrected chi connectivity index (χ0v) is 61.1. The van der Waals surface area contributed by atoms with Crippen molar-refractivity contribution < 1.29 is 101 Å². The van der Waals surface area contributed by atoms with E-state index in [1.807, 2.05) is 6.92 Å². The lowest BCUT2D eigenvalue weighted by Gasteiger charge is -2.29. The Bertz CT molecular complexity index is 3370. The Kier molecular flexibility index (Phi) is 28.6. The minimum absolute atomic E-state index is 0.0178. The molecule has 9 aliphatic heterocycles. The van der Waals surface area contributed by atoms with Crippen LogP contribution in [0.5, 0.6) is 0 Å². The number of nitrogens with one attached hydrogen (secondary N) is 6. The smallest absolute Gasteiger partial charge is 0.310 e. The second-order valence-electron chi connectivity index (χ2n) is 29.4. The lowest BCUT2D eigenvalue weighted by Crippen LogP contribution is -2.41. The second-order valence-corrected chi connectivity index (χ2v) is 29.4. The quantitative estimate of drug-likeness (QED) is 0.0248. The molecule has 11 atom stereocenters. The van der Waals surface area contributed by atoms with Crippen molar-refractivity contribution in [1.82, 2.24) is 76.0 Å². The molecule has 0 aromatic heterocycles. The molecule has 0 bridgehead atoms. The van der Waals surface area contributed by atoms with Gasteiger partial charge in [-0.15, -0.1) is 0 Å². The Morgan fingerprint density at radius 2 is 0.472 bits per heavy atom. The largest absolute Gasteiger partial charge is 0.469 e. The summed E-state index contributed by atoms with van der Waals surface area (Å²) in [5, 5.41) is 16.9. The van der Waals surface area contributed by atoms with Crippen LogP contribution in [-0.2, 0) is 101 Å². The molecule has 15 amide bonds. The third-order valence-electron chi connectivity index (χ3n) is 22.3. The van der Waals surface area contributed by atoms with Gasteiger partial charge in [-0.1, -0.05) is 6.92 Å². The normalized spacial score (nSPS) is 25.2. The van der Waals surface area contributed by atoms with Gasteiger partial charge in [0.05, 0.1) is 74.6 Å². The summed E-state index contributed by atoms with van der Waals surface area (Å²) in [5.74, 6) is -11.2. The maximum Gasteiger partial charge on any atom is 0.310 e. The first kappa shape index (κ1) is 80.6. The highest BCUT2D eigenvalue weighted by atomic mass is 16.5. The first-order valence-electron chi connectivity index (χ1n) is 37.1. The highest BCUT2D eigenvalue weighted by Crippen LogP contribution is 2.31. The lowest BCUT2D eigenvalue weighted by molar-refractivity contribution is -0.145. The number of esters is 3. The monoisotopic (exact) mass is 1490 g/mol. The molecule has 9 saturated heterocycles. The summed E-state index contributed by atoms with van der Waals surface area (Å²) < 4.78 is 14.3. The molecule has 0 spiro atoms. The van der Waals surface area contributed by atoms with Crippen molar-refractivity contribution >= 4 is 107 Å². The summed E-state index contributed by atoms with van der Waals surface area (Å²) in [4.78, 5) is 246. The summed E-state index contributed by atoms with van der Waals surface area (Å²) in [6.45, 7) is 6.20. The van der Waals surface area contributed by atoms with Gasteiger partial charge in [0.15, 0.2) is 0 Å². The SMILES string of the molecule is COC(=O)C1CC(=O)N(CCNC(=O)C2CC(=O)N(CCNC(=O)C3CC(=O)N(CCCC(CCN4CC(C(=O)NCCN5CC(C(=O)NCCN6CC(C(=O)OC)CC6=O)CC5=O)CC4=O)C(C)CCN4CC(C(=O)NCCN5CC(C(=O)NCCN6CC(C(=O)OC)CC6=O)CC5=O)CC4=O)C3)C2)C1. The molecule has 9 heterocycles. The van der Waals surface area contributed by atoms with E-state index in [0.29, 0.717) is 45.3 Å². The van der Waals surface area contributed by atoms with Gasteiger partial charge in [-0.05, 0) is 37.5 Å². The number of carbonyl (C=O) groups is 18. The Balaban J connectivity index is 0.707. The fourth-order valence-corrected chi connectivity index (χ4v) is 15.8. The Morgan fingerprint density at radius 3 is 0.698 bits per heavy atom. The van der Waals surface area contributed by atoms with Crippen LogP contribution in [0, 0.1) is 65.1 Å². The van der Waals surface area contributed by atoms with E-state index >= 15 is 0 Å². The lowest BCUT2D eigenvalue weighted by atomic mass is 9.84. The number of methoxy groups -OCH3 is 3. The maximum absolute atomic E-state index is 13.6. The van der Waals surface area contributed by atoms with Crippen LogP contribution in [0.3, 0.4) is 0 Å². The minimum Gasteiger partial charge on any atom is -0.469 e. The van der Waals surface area contributed by atoms with Gasteiger partial charge in [0.25, 0.3) is 0 Å². The molecule has 6 N–H and O–H groups in total. The van der Waals surface area contributed by atoms with Crippen LogP contribution < -0.4 is 31.9 Å². The van der Waals surface area contributed by atoms with E-state index in [4.69, 9.17) is 14.2 Å². The van der Waals surface area contributed by atoms with Crippen molar-refractivity contribution in [3.8, 4) is 0 Å². The van der Waals surface area contributed by atoms with E-state index in [1.54, 1.807) is 14.7 Å². The van der Waals surface area contributed by atoms with Crippen LogP contribution in [0.4, 0.5) is 0 Å². The van der Waals surface area contributed by atoms with Gasteiger partial charge < -0.3 is 90.2 Å². The fraction of sp³-hybridized carbons (Fsp3) is 0.743. The summed E-state index contributed by atoms with van der Waals surface area (Å²) >= 11 is 0. The highest BCUT2D eigenvalue weighted by molar-refractivity contribution is 5.94. The zero-order chi connectivity index (χ0) is 76.5. The molecule has 36 heteroatoms. The van der Waals surface area contributed by atoms with Crippen molar-refractivity contribution in [2.24, 2.45) is 65.1 Å². The molecule has 0 aliphatic carbocycles. The van der Waals surface area contributed by atoms with Gasteiger partial charge in [-0.3, -0.25) is 86.3 Å². The van der Waals surface area contributed by atoms with Gasteiger partial charge in [0.1, 0.15) is 0 Å². The molecule has 9 aliphatic rings. The molecular formula is C70H103N15O21. The van der Waals surface area contributed by atoms with Crippen LogP contribution in [0.1, 0.15) is 90.4 Å². The summed E-state index contributed by atoms with van der Waals surface area (Å²) in [6, 6.07) is 0. The fourth-order valence-electron chi connectivity index (χ4n) is 15.8. The number of hydrogen-bond acceptors (Lipinski definition) is 21. The molecular weight excluding hydrogens is 1390 g/mol. The van der Waals surface area contributed by atoms with Crippen molar-refractivity contribution in [2.75, 3.05) is 178 Å². The molecule has 106 heavy (non-hydrogen) atoms. The topological polar surface area (TPSA) is 436 Å². The number of ether oxygens (including phenoxy) is 3. The minimum atomic E-state index is -0.670. The van der Waals surface area contributed by atoms with E-state index in [1.165, 1.54) is 50.7 Å². The molecule has 9 rings (SSSR count). The average molecular weight is 1490 g/mol. The second kappa shape index (κ2) is 37.6. The summed E-state index contributed by atoms with van der Waals surface area (Å²) in [6.07, 6.45) is 2.12. The van der Waals surface area contributed by atoms with Crippen LogP contribution in [-0.4, -0.2) is 329 Å². The number of amides is 15. The molecule has 0 saturated carbocycles. The number of hydrogen-bond donors (Lipinski definition) is 6. The van der Waals surface area contributed by atoms with Gasteiger partial charge in [0, 0.05) is 215 Å². The van der Waals surface area contributed by atoms with E-state index < -0.39 is 71.2 Å². The van der Waals surface area contributed by atoms with Crippen LogP contribution >= 0.6 is 0 Å². The van der Waals surface area contributed by atoms with Crippen LogP contribution in [0.2, 0.25) is 0 Å². The third kappa shape index (κ3) is 21.4. The van der Waals surface area contributed by atoms with Crippen molar-refractivity contribution in [3.05, 3.63) is 0 Å². The zero-order valence-electron chi connectivity index (χ0n) is 61.1. The Morgan fingerprint density at radius 1 is 0.283 bits per heavy atom. The Hall–Kier alpha value is -9.54. The van der Waals surface area contributed by atoms with Gasteiger partial charge in [-0.25, -0.2) is 0 Å². The maximum atomic E-state index is 13.6. The van der Waals surface area contributed by atoms with E-state index in [2.05, 4.69) is 31.9 Å². The summed E-state index contributed by atoms with van der Waals surface area (Å²) in [7, 11) is 3.77. The van der Waals surface area contributed by atoms with Gasteiger partial charge in [-0.2, -0.15) is 0 Å². The highest BCUT2D eigenvalue weighted by Gasteiger charge is 2.43. The van der Waals surface area contributed by atoms with Crippen molar-refractivity contribution in [3.63, 3.8) is 0 Å². The van der Waals surface area contributed by atoms with Crippen LogP contribution in [0.25, 0.3) is 0 Å². The van der Waals surface area contributed by atoms with E-state index in [0.717, 1.165) is 0 Å². The predicted octanol–water partition coefficient (Wildman–Crippen LogP) is -5.35. The van der Waals surface area contributed by atoms with Crippen molar-refractivity contribution in [1.29, 1.82) is 0 Å². The molecule has 584 valence electrons. The average Bonchev–Trinajstić information content (AvgIpc) is 1.73. The van der Waals surface area contributed by atoms with E-state index in [9.17, 15) is 86.3 Å². The molecule has 0 radical (unpaired) electrons. The molecule has 0 aromatic rings. The molecule has 0 aromatic carbocycles. The summed E-state index contributed by atoms with van der Waals surface area (Å²) in [5.41, 5.74) is 0. The third-order valence-corrected chi connectivity index (χ3v) is 22.3. The number of rotatable bonds is 38. The van der Waals surface area contributed by atoms with Crippen molar-refractivity contribution in [2.45, 2.75) is 90.4 Å². The first-order chi connectivity index (χ1) is 50.7. The molecule has 9 fully saturated rings. The van der Waals surface area contributed by atoms with E-state index in [-0.39, 0.29) is 296 Å². The molecule has 36 nitrogen and oxygen atoms in total. The first-order valence-corrected chi connectivity index (χ1v) is 37.1. The van der Waals surface area contributed by atoms with Crippen LogP contribution in [0.15, 0.2) is 0 Å². The number of likely N-dealkylation sites (tertiary alicyclic amines) is 9.